The van der Waals surface area contributed by atoms with Crippen molar-refractivity contribution in [3.8, 4) is 23.0 Å². The fourth-order valence-corrected chi connectivity index (χ4v) is 16.8. The van der Waals surface area contributed by atoms with Crippen LogP contribution in [0.1, 0.15) is 132 Å². The number of methoxy groups -OCH3 is 1. The minimum atomic E-state index is -0.933. The second kappa shape index (κ2) is 18.7. The Morgan fingerprint density at radius 3 is 1.42 bits per heavy atom. The predicted octanol–water partition coefficient (Wildman–Crippen LogP) is 6.00. The van der Waals surface area contributed by atoms with Crippen LogP contribution in [0.25, 0.3) is 0 Å². The second-order valence-corrected chi connectivity index (χ2v) is 24.3. The van der Waals surface area contributed by atoms with Crippen molar-refractivity contribution in [1.29, 1.82) is 0 Å². The molecule has 77 heavy (non-hydrogen) atoms. The van der Waals surface area contributed by atoms with Crippen molar-refractivity contribution < 1.29 is 48.7 Å². The maximum atomic E-state index is 12.9. The van der Waals surface area contributed by atoms with Gasteiger partial charge in [0.1, 0.15) is 12.2 Å². The molecule has 16 nitrogen and oxygen atoms in total. The molecule has 4 bridgehead atoms. The van der Waals surface area contributed by atoms with Gasteiger partial charge in [0.05, 0.1) is 40.1 Å². The molecule has 4 aliphatic heterocycles. The molecule has 2 saturated heterocycles. The molecule has 6 fully saturated rings. The van der Waals surface area contributed by atoms with E-state index in [1.54, 1.807) is 50.2 Å². The quantitative estimate of drug-likeness (QED) is 0.0723. The first kappa shape index (κ1) is 50.3. The van der Waals surface area contributed by atoms with E-state index >= 15 is 0 Å². The average molecular weight is 1050 g/mol. The van der Waals surface area contributed by atoms with Crippen molar-refractivity contribution in [3.63, 3.8) is 0 Å². The summed E-state index contributed by atoms with van der Waals surface area (Å²) in [6, 6.07) is 22.6. The van der Waals surface area contributed by atoms with Crippen LogP contribution in [0.3, 0.4) is 0 Å². The zero-order valence-electron chi connectivity index (χ0n) is 44.4. The standard InChI is InChI=1S/C31H37N3O5.C30H35N3O5/c1-18(35)33-31-12-11-23(32-16-19-5-7-21(8-6-19)29(37)38-2)28-30(31)13-14-34(17-20-3-4-20)25(31)15-22-9-10-24(36)27(39-28)26(22)30;1-17(34)32-30-11-10-22(31-15-18-4-6-20(7-5-18)28(36)37)27-29(30)12-13-33(16-19-2-3-19)24(30)14-21-8-9-23(35)26(38-27)25(21)29/h5-10,20,23,25,28,32,36H,3-4,11-17H2,1-2H3,(H,33,35);4-9,19,22,24,27,31,35H,2-3,10-16H2,1H3,(H,32,34)(H,36,37)/t23-,25-,28?,30+,31-;22-,24-,27?,29+,30-/m11/s1. The van der Waals surface area contributed by atoms with E-state index in [1.165, 1.54) is 43.9 Å². The Hall–Kier alpha value is -6.20. The maximum absolute atomic E-state index is 12.9. The number of carbonyl (C=O) groups is 4. The van der Waals surface area contributed by atoms with Gasteiger partial charge in [0.25, 0.3) is 0 Å². The van der Waals surface area contributed by atoms with Gasteiger partial charge in [-0.2, -0.15) is 0 Å². The van der Waals surface area contributed by atoms with Gasteiger partial charge in [-0.25, -0.2) is 9.59 Å². The summed E-state index contributed by atoms with van der Waals surface area (Å²) in [5, 5.41) is 45.7. The lowest BCUT2D eigenvalue weighted by atomic mass is 9.46. The van der Waals surface area contributed by atoms with E-state index < -0.39 is 27.9 Å². The molecule has 2 amide bonds. The Bertz CT molecular complexity index is 3040. The van der Waals surface area contributed by atoms with E-state index in [0.29, 0.717) is 30.2 Å². The van der Waals surface area contributed by atoms with Gasteiger partial charge in [0, 0.05) is 75.3 Å². The van der Waals surface area contributed by atoms with Gasteiger partial charge in [-0.15, -0.1) is 0 Å². The van der Waals surface area contributed by atoms with Crippen molar-refractivity contribution in [1.82, 2.24) is 31.1 Å². The molecule has 0 aromatic heterocycles. The number of ether oxygens (including phenoxy) is 3. The first-order chi connectivity index (χ1) is 37.2. The number of nitrogens with one attached hydrogen (secondary N) is 4. The van der Waals surface area contributed by atoms with Crippen LogP contribution in [0.5, 0.6) is 23.0 Å². The minimum Gasteiger partial charge on any atom is -0.504 e. The number of amides is 2. The molecular formula is C61H72N6O10. The van der Waals surface area contributed by atoms with E-state index in [2.05, 4.69) is 43.2 Å². The van der Waals surface area contributed by atoms with Crippen LogP contribution in [0.2, 0.25) is 0 Å². The van der Waals surface area contributed by atoms with Gasteiger partial charge < -0.3 is 50.8 Å². The lowest BCUT2D eigenvalue weighted by Gasteiger charge is -2.66. The highest BCUT2D eigenvalue weighted by atomic mass is 16.5. The van der Waals surface area contributed by atoms with Gasteiger partial charge >= 0.3 is 11.9 Å². The van der Waals surface area contributed by atoms with Crippen LogP contribution in [-0.2, 0) is 51.1 Å². The van der Waals surface area contributed by atoms with Crippen molar-refractivity contribution in [2.45, 2.75) is 162 Å². The second-order valence-electron chi connectivity index (χ2n) is 24.3. The number of phenols is 2. The minimum absolute atomic E-state index is 0.000514. The number of piperidine rings is 2. The molecule has 406 valence electrons. The molecule has 14 rings (SSSR count). The monoisotopic (exact) mass is 1050 g/mol. The lowest BCUT2D eigenvalue weighted by molar-refractivity contribution is -0.136. The molecule has 0 radical (unpaired) electrons. The third-order valence-corrected chi connectivity index (χ3v) is 20.1. The molecule has 10 atom stereocenters. The van der Waals surface area contributed by atoms with Gasteiger partial charge in [0.15, 0.2) is 23.0 Å². The van der Waals surface area contributed by atoms with Crippen LogP contribution >= 0.6 is 0 Å². The lowest BCUT2D eigenvalue weighted by Crippen LogP contribution is -2.82. The Kier molecular flexibility index (Phi) is 12.2. The number of aromatic carboxylic acids is 1. The van der Waals surface area contributed by atoms with Crippen LogP contribution < -0.4 is 30.7 Å². The molecule has 10 aliphatic rings. The zero-order valence-corrected chi connectivity index (χ0v) is 44.4. The highest BCUT2D eigenvalue weighted by molar-refractivity contribution is 5.89. The largest absolute Gasteiger partial charge is 0.504 e. The third kappa shape index (κ3) is 7.88. The van der Waals surface area contributed by atoms with Gasteiger partial charge in [0.2, 0.25) is 11.8 Å². The fourth-order valence-electron chi connectivity index (χ4n) is 16.8. The molecule has 2 unspecified atom stereocenters. The van der Waals surface area contributed by atoms with E-state index in [0.717, 1.165) is 112 Å². The van der Waals surface area contributed by atoms with E-state index in [9.17, 15) is 34.5 Å². The Morgan fingerprint density at radius 2 is 1.03 bits per heavy atom. The summed E-state index contributed by atoms with van der Waals surface area (Å²) in [4.78, 5) is 54.1. The summed E-state index contributed by atoms with van der Waals surface area (Å²) < 4.78 is 18.3. The summed E-state index contributed by atoms with van der Waals surface area (Å²) in [7, 11) is 1.39. The number of benzene rings is 4. The number of esters is 1. The number of phenolic OH excluding ortho intramolecular Hbond substituents is 2. The van der Waals surface area contributed by atoms with Crippen molar-refractivity contribution in [3.05, 3.63) is 117 Å². The zero-order chi connectivity index (χ0) is 53.2. The van der Waals surface area contributed by atoms with E-state index in [1.807, 2.05) is 24.3 Å². The van der Waals surface area contributed by atoms with Crippen LogP contribution in [-0.4, -0.2) is 130 Å². The van der Waals surface area contributed by atoms with E-state index in [-0.39, 0.29) is 71.2 Å². The van der Waals surface area contributed by atoms with Crippen molar-refractivity contribution >= 4 is 23.8 Å². The Balaban J connectivity index is 0.000000147. The number of aromatic hydroxyl groups is 2. The van der Waals surface area contributed by atoms with Gasteiger partial charge in [-0.1, -0.05) is 36.4 Å². The van der Waals surface area contributed by atoms with Gasteiger partial charge in [-0.3, -0.25) is 19.4 Å². The molecule has 2 spiro atoms. The normalized spacial score (nSPS) is 32.5. The van der Waals surface area contributed by atoms with Crippen LogP contribution in [0, 0.1) is 11.8 Å². The first-order valence-corrected chi connectivity index (χ1v) is 28.2. The third-order valence-electron chi connectivity index (χ3n) is 20.1. The number of rotatable bonds is 14. The highest BCUT2D eigenvalue weighted by Gasteiger charge is 2.75. The van der Waals surface area contributed by atoms with Crippen molar-refractivity contribution in [2.75, 3.05) is 33.3 Å². The number of likely N-dealkylation sites (tertiary alicyclic amines) is 2. The summed E-state index contributed by atoms with van der Waals surface area (Å²) in [6.45, 7) is 8.58. The molecule has 16 heteroatoms. The number of nitrogens with zero attached hydrogens (tertiary/aromatic N) is 2. The molecule has 4 aromatic rings. The summed E-state index contributed by atoms with van der Waals surface area (Å²) in [5.74, 6) is 1.80. The maximum Gasteiger partial charge on any atom is 0.337 e. The molecule has 7 N–H and O–H groups in total. The molecule has 4 heterocycles. The first-order valence-electron chi connectivity index (χ1n) is 28.2. The SMILES string of the molecule is CC(=O)N[C@@]12CC[C@@H](NCc3ccc(C(=O)O)cc3)C3Oc4c(O)ccc5c4[C@@]31CCN(CC1CC1)[C@@H]2C5.COC(=O)c1ccc(CN[C@@H]2CC[C@@]3(NC(C)=O)[C@H]4Cc5ccc(O)c6c5[C@@]3(CCN4CC3CC3)C2O6)cc1. The number of hydrogen-bond donors (Lipinski definition) is 7. The number of carboxylic acid groups (broad SMARTS) is 1. The van der Waals surface area contributed by atoms with Gasteiger partial charge in [-0.05, 0) is 161 Å². The van der Waals surface area contributed by atoms with E-state index in [4.69, 9.17) is 14.2 Å². The Labute approximate surface area is 449 Å². The molecule has 4 aromatic carbocycles. The molecule has 6 aliphatic carbocycles. The fraction of sp³-hybridized carbons (Fsp3) is 0.541. The topological polar surface area (TPSA) is 211 Å². The summed E-state index contributed by atoms with van der Waals surface area (Å²) in [5.41, 5.74) is 5.86. The Morgan fingerprint density at radius 1 is 0.597 bits per heavy atom. The average Bonchev–Trinajstić information content (AvgIpc) is 3.99. The number of carbonyl (C=O) groups excluding carboxylic acids is 3. The molecular weight excluding hydrogens is 977 g/mol. The highest BCUT2D eigenvalue weighted by Crippen LogP contribution is 2.67. The summed E-state index contributed by atoms with van der Waals surface area (Å²) >= 11 is 0. The molecule has 4 saturated carbocycles. The van der Waals surface area contributed by atoms with Crippen LogP contribution in [0.15, 0.2) is 72.8 Å². The number of hydrogen-bond acceptors (Lipinski definition) is 13. The van der Waals surface area contributed by atoms with Crippen molar-refractivity contribution in [2.24, 2.45) is 11.8 Å². The summed E-state index contributed by atoms with van der Waals surface area (Å²) in [6.07, 6.45) is 11.6. The number of carboxylic acids is 1. The van der Waals surface area contributed by atoms with Crippen LogP contribution in [0.4, 0.5) is 0 Å². The smallest absolute Gasteiger partial charge is 0.337 e. The predicted molar refractivity (Wildman–Crippen MR) is 285 cm³/mol.